The zero-order valence-corrected chi connectivity index (χ0v) is 20.8. The van der Waals surface area contributed by atoms with Gasteiger partial charge in [0.05, 0.1) is 36.5 Å². The van der Waals surface area contributed by atoms with Crippen LogP contribution < -0.4 is 4.90 Å². The number of aryl methyl sites for hydroxylation is 1. The fourth-order valence-electron chi connectivity index (χ4n) is 7.36. The van der Waals surface area contributed by atoms with Crippen LogP contribution in [0.3, 0.4) is 0 Å². The highest BCUT2D eigenvalue weighted by Gasteiger charge is 2.55. The van der Waals surface area contributed by atoms with Crippen molar-refractivity contribution in [1.82, 2.24) is 24.6 Å². The number of hydrogen-bond acceptors (Lipinski definition) is 6. The first kappa shape index (κ1) is 21.3. The molecule has 8 nitrogen and oxygen atoms in total. The van der Waals surface area contributed by atoms with Crippen molar-refractivity contribution in [1.29, 1.82) is 0 Å². The minimum absolute atomic E-state index is 0.220. The van der Waals surface area contributed by atoms with Gasteiger partial charge < -0.3 is 9.64 Å². The highest BCUT2D eigenvalue weighted by atomic mass is 16.5. The average Bonchev–Trinajstić information content (AvgIpc) is 3.48. The predicted octanol–water partition coefficient (Wildman–Crippen LogP) is 3.28. The van der Waals surface area contributed by atoms with Crippen LogP contribution in [0.2, 0.25) is 0 Å². The molecular formula is C28H32N6O2. The summed E-state index contributed by atoms with van der Waals surface area (Å²) in [6, 6.07) is 7.69. The maximum Gasteiger partial charge on any atom is 0.230 e. The molecule has 3 aliphatic heterocycles. The van der Waals surface area contributed by atoms with Crippen LogP contribution in [0.1, 0.15) is 55.2 Å². The summed E-state index contributed by atoms with van der Waals surface area (Å²) in [5.41, 5.74) is 4.65. The topological polar surface area (TPSA) is 76.4 Å². The Labute approximate surface area is 210 Å². The van der Waals surface area contributed by atoms with Gasteiger partial charge in [-0.25, -0.2) is 9.97 Å². The van der Waals surface area contributed by atoms with E-state index in [0.29, 0.717) is 30.0 Å². The van der Waals surface area contributed by atoms with Crippen LogP contribution in [-0.4, -0.2) is 68.9 Å². The highest BCUT2D eigenvalue weighted by molar-refractivity contribution is 6.00. The third kappa shape index (κ3) is 3.20. The largest absolute Gasteiger partial charge is 0.378 e. The lowest BCUT2D eigenvalue weighted by atomic mass is 9.60. The zero-order chi connectivity index (χ0) is 24.0. The third-order valence-electron chi connectivity index (χ3n) is 9.54. The van der Waals surface area contributed by atoms with Crippen molar-refractivity contribution >= 4 is 22.5 Å². The number of nitrogens with zero attached hydrogens (tertiary/aromatic N) is 6. The predicted molar refractivity (Wildman–Crippen MR) is 135 cm³/mol. The van der Waals surface area contributed by atoms with Gasteiger partial charge in [0.15, 0.2) is 0 Å². The van der Waals surface area contributed by atoms with E-state index in [9.17, 15) is 4.79 Å². The van der Waals surface area contributed by atoms with Crippen molar-refractivity contribution in [2.45, 2.75) is 63.6 Å². The zero-order valence-electron chi connectivity index (χ0n) is 20.8. The minimum Gasteiger partial charge on any atom is -0.378 e. The molecule has 8 rings (SSSR count). The lowest BCUT2D eigenvalue weighted by Gasteiger charge is -2.61. The summed E-state index contributed by atoms with van der Waals surface area (Å²) in [6.07, 6.45) is 10.4. The van der Waals surface area contributed by atoms with Gasteiger partial charge in [0.25, 0.3) is 0 Å². The Hall–Kier alpha value is -2.84. The minimum atomic E-state index is 0.220. The quantitative estimate of drug-likeness (QED) is 0.553. The number of amides is 1. The van der Waals surface area contributed by atoms with E-state index < -0.39 is 0 Å². The van der Waals surface area contributed by atoms with Gasteiger partial charge in [0.1, 0.15) is 5.82 Å². The first-order valence-electron chi connectivity index (χ1n) is 13.5. The summed E-state index contributed by atoms with van der Waals surface area (Å²) in [6.45, 7) is 6.37. The van der Waals surface area contributed by atoms with Gasteiger partial charge in [0.2, 0.25) is 5.91 Å². The van der Waals surface area contributed by atoms with E-state index in [0.717, 1.165) is 60.6 Å². The van der Waals surface area contributed by atoms with E-state index in [4.69, 9.17) is 14.8 Å². The van der Waals surface area contributed by atoms with Crippen LogP contribution >= 0.6 is 0 Å². The lowest BCUT2D eigenvalue weighted by Crippen LogP contribution is -2.68. The molecule has 3 aromatic rings. The molecule has 8 heteroatoms. The number of fused-ring (bicyclic) bond motifs is 3. The van der Waals surface area contributed by atoms with Crippen molar-refractivity contribution in [3.8, 4) is 0 Å². The molecule has 36 heavy (non-hydrogen) atoms. The number of likely N-dealkylation sites (tertiary alicyclic amines) is 1. The van der Waals surface area contributed by atoms with Crippen LogP contribution in [0.15, 0.2) is 30.6 Å². The van der Waals surface area contributed by atoms with Gasteiger partial charge in [-0.1, -0.05) is 0 Å². The Bertz CT molecular complexity index is 1370. The van der Waals surface area contributed by atoms with Gasteiger partial charge >= 0.3 is 0 Å². The molecule has 0 N–H and O–H groups in total. The molecule has 2 unspecified atom stereocenters. The SMILES string of the molecule is Cc1nn(C2CC3(C2)CN(C2COC2)C3)cc1Cc1ncc2ccc(N3C(=O)C4CCC3C4)cc2n1. The molecule has 5 fully saturated rings. The molecule has 2 atom stereocenters. The summed E-state index contributed by atoms with van der Waals surface area (Å²) in [5.74, 6) is 1.31. The van der Waals surface area contributed by atoms with E-state index in [-0.39, 0.29) is 11.8 Å². The molecule has 1 amide bonds. The number of ether oxygens (including phenoxy) is 1. The summed E-state index contributed by atoms with van der Waals surface area (Å²) in [7, 11) is 0. The molecule has 1 spiro atoms. The standard InChI is InChI=1S/C28H32N6O2/c1-17-20(12-33(31-17)23-9-28(10-23)15-32(16-28)24-13-36-14-24)7-26-29-11-19-3-5-22(8-25(19)30-26)34-21-4-2-18(6-21)27(34)35/h3,5,8,11-12,18,21,23-24H,2,4,6-7,9-10,13-16H2,1H3. The second-order valence-electron chi connectivity index (χ2n) is 12.0. The maximum absolute atomic E-state index is 12.7. The molecule has 5 aliphatic rings. The normalized spacial score (nSPS) is 27.6. The summed E-state index contributed by atoms with van der Waals surface area (Å²) in [4.78, 5) is 26.9. The molecule has 3 saturated heterocycles. The summed E-state index contributed by atoms with van der Waals surface area (Å²) < 4.78 is 7.55. The van der Waals surface area contributed by atoms with Crippen molar-refractivity contribution in [2.24, 2.45) is 11.3 Å². The van der Waals surface area contributed by atoms with Gasteiger partial charge in [0, 0.05) is 60.5 Å². The number of aromatic nitrogens is 4. The fraction of sp³-hybridized carbons (Fsp3) is 0.571. The number of carbonyl (C=O) groups excluding carboxylic acids is 1. The molecule has 2 bridgehead atoms. The van der Waals surface area contributed by atoms with Gasteiger partial charge in [-0.3, -0.25) is 14.4 Å². The van der Waals surface area contributed by atoms with Crippen LogP contribution in [0.25, 0.3) is 10.9 Å². The third-order valence-corrected chi connectivity index (χ3v) is 9.54. The second kappa shape index (κ2) is 7.59. The van der Waals surface area contributed by atoms with E-state index >= 15 is 0 Å². The van der Waals surface area contributed by atoms with Crippen molar-refractivity contribution < 1.29 is 9.53 Å². The average molecular weight is 485 g/mol. The molecule has 1 aromatic carbocycles. The number of hydrogen-bond donors (Lipinski definition) is 0. The first-order valence-corrected chi connectivity index (χ1v) is 13.5. The molecule has 2 aliphatic carbocycles. The molecule has 5 heterocycles. The van der Waals surface area contributed by atoms with Gasteiger partial charge in [-0.05, 0) is 62.6 Å². The monoisotopic (exact) mass is 484 g/mol. The molecular weight excluding hydrogens is 452 g/mol. The maximum atomic E-state index is 12.7. The molecule has 186 valence electrons. The fourth-order valence-corrected chi connectivity index (χ4v) is 7.36. The van der Waals surface area contributed by atoms with Crippen LogP contribution in [0, 0.1) is 18.3 Å². The number of carbonyl (C=O) groups is 1. The van der Waals surface area contributed by atoms with E-state index in [2.05, 4.69) is 33.8 Å². The summed E-state index contributed by atoms with van der Waals surface area (Å²) >= 11 is 0. The Morgan fingerprint density at radius 2 is 1.97 bits per heavy atom. The van der Waals surface area contributed by atoms with Gasteiger partial charge in [-0.2, -0.15) is 5.10 Å². The van der Waals surface area contributed by atoms with E-state index in [1.54, 1.807) is 0 Å². The smallest absolute Gasteiger partial charge is 0.230 e. The number of anilines is 1. The second-order valence-corrected chi connectivity index (χ2v) is 12.0. The first-order chi connectivity index (χ1) is 17.5. The Kier molecular flexibility index (Phi) is 4.48. The molecule has 2 saturated carbocycles. The van der Waals surface area contributed by atoms with Crippen LogP contribution in [-0.2, 0) is 16.0 Å². The number of rotatable bonds is 5. The Morgan fingerprint density at radius 1 is 1.11 bits per heavy atom. The van der Waals surface area contributed by atoms with Crippen molar-refractivity contribution in [3.05, 3.63) is 47.7 Å². The summed E-state index contributed by atoms with van der Waals surface area (Å²) in [5, 5.41) is 5.89. The molecule has 2 aromatic heterocycles. The van der Waals surface area contributed by atoms with Crippen LogP contribution in [0.4, 0.5) is 5.69 Å². The Balaban J connectivity index is 0.974. The van der Waals surface area contributed by atoms with Crippen molar-refractivity contribution in [3.63, 3.8) is 0 Å². The number of benzene rings is 1. The van der Waals surface area contributed by atoms with E-state index in [1.165, 1.54) is 31.5 Å². The Morgan fingerprint density at radius 3 is 2.72 bits per heavy atom. The van der Waals surface area contributed by atoms with Gasteiger partial charge in [-0.15, -0.1) is 0 Å². The van der Waals surface area contributed by atoms with E-state index in [1.807, 2.05) is 23.2 Å². The lowest BCUT2D eigenvalue weighted by molar-refractivity contribution is -0.165. The highest BCUT2D eigenvalue weighted by Crippen LogP contribution is 2.54. The van der Waals surface area contributed by atoms with Crippen LogP contribution in [0.5, 0.6) is 0 Å². The molecule has 0 radical (unpaired) electrons. The number of piperidine rings is 1. The van der Waals surface area contributed by atoms with Crippen molar-refractivity contribution in [2.75, 3.05) is 31.2 Å².